The molecule has 90 valence electrons. The maximum Gasteiger partial charge on any atom is 0.300 e. The van der Waals surface area contributed by atoms with Crippen molar-refractivity contribution < 1.29 is 13.9 Å². The number of alkyl halides is 2. The second-order valence-electron chi connectivity index (χ2n) is 4.55. The van der Waals surface area contributed by atoms with Gasteiger partial charge in [0.2, 0.25) is 0 Å². The van der Waals surface area contributed by atoms with Crippen molar-refractivity contribution in [3.8, 4) is 0 Å². The molecule has 1 rings (SSSR count). The molecule has 0 aliphatic carbocycles. The van der Waals surface area contributed by atoms with E-state index in [1.54, 1.807) is 13.0 Å². The lowest BCUT2D eigenvalue weighted by atomic mass is 9.91. The van der Waals surface area contributed by atoms with Crippen LogP contribution >= 0.6 is 0 Å². The van der Waals surface area contributed by atoms with Crippen LogP contribution in [0.15, 0.2) is 24.3 Å². The van der Waals surface area contributed by atoms with Gasteiger partial charge in [-0.25, -0.2) is 0 Å². The maximum atomic E-state index is 13.8. The number of rotatable bonds is 3. The Bertz CT molecular complexity index is 370. The lowest BCUT2D eigenvalue weighted by molar-refractivity contribution is -0.168. The van der Waals surface area contributed by atoms with Gasteiger partial charge in [-0.05, 0) is 32.4 Å². The van der Waals surface area contributed by atoms with Gasteiger partial charge in [0.05, 0.1) is 0 Å². The van der Waals surface area contributed by atoms with E-state index in [1.807, 2.05) is 0 Å². The van der Waals surface area contributed by atoms with Crippen molar-refractivity contribution in [2.75, 3.05) is 0 Å². The summed E-state index contributed by atoms with van der Waals surface area (Å²) in [4.78, 5) is 0. The van der Waals surface area contributed by atoms with Crippen molar-refractivity contribution in [1.29, 1.82) is 0 Å². The Hall–Kier alpha value is -1.00. The number of halogens is 2. The first-order chi connectivity index (χ1) is 7.16. The van der Waals surface area contributed by atoms with Gasteiger partial charge in [0, 0.05) is 11.6 Å². The van der Waals surface area contributed by atoms with Crippen LogP contribution in [0.2, 0.25) is 0 Å². The van der Waals surface area contributed by atoms with Crippen LogP contribution in [-0.2, 0) is 5.92 Å². The van der Waals surface area contributed by atoms with E-state index >= 15 is 0 Å². The Balaban J connectivity index is 3.19. The van der Waals surface area contributed by atoms with Gasteiger partial charge >= 0.3 is 5.92 Å². The smallest absolute Gasteiger partial charge is 0.300 e. The second-order valence-corrected chi connectivity index (χ2v) is 4.55. The lowest BCUT2D eigenvalue weighted by Gasteiger charge is -2.29. The van der Waals surface area contributed by atoms with Gasteiger partial charge in [-0.15, -0.1) is 0 Å². The highest BCUT2D eigenvalue weighted by Gasteiger charge is 2.46. The Labute approximate surface area is 94.1 Å². The van der Waals surface area contributed by atoms with Gasteiger partial charge in [0.25, 0.3) is 0 Å². The lowest BCUT2D eigenvalue weighted by Crippen LogP contribution is -2.40. The fourth-order valence-electron chi connectivity index (χ4n) is 1.37. The highest BCUT2D eigenvalue weighted by Crippen LogP contribution is 2.39. The molecule has 0 bridgehead atoms. The fraction of sp³-hybridized carbons (Fsp3) is 0.500. The van der Waals surface area contributed by atoms with Crippen LogP contribution < -0.4 is 5.73 Å². The summed E-state index contributed by atoms with van der Waals surface area (Å²) in [5, 5.41) is 9.45. The zero-order chi connectivity index (χ0) is 12.6. The number of hydrogen-bond donors (Lipinski definition) is 2. The molecule has 4 heteroatoms. The first kappa shape index (κ1) is 13.1. The molecular formula is C12H17F2NO. The minimum absolute atomic E-state index is 0.213. The normalized spacial score (nSPS) is 14.9. The third-order valence-corrected chi connectivity index (χ3v) is 2.54. The zero-order valence-electron chi connectivity index (χ0n) is 9.67. The van der Waals surface area contributed by atoms with Gasteiger partial charge in [0.1, 0.15) is 5.60 Å². The second kappa shape index (κ2) is 4.11. The third-order valence-electron chi connectivity index (χ3n) is 2.54. The quantitative estimate of drug-likeness (QED) is 0.836. The molecule has 0 saturated heterocycles. The van der Waals surface area contributed by atoms with E-state index in [1.165, 1.54) is 18.2 Å². The van der Waals surface area contributed by atoms with E-state index in [0.29, 0.717) is 5.56 Å². The summed E-state index contributed by atoms with van der Waals surface area (Å²) in [5.74, 6) is -3.29. The fourth-order valence-corrected chi connectivity index (χ4v) is 1.37. The van der Waals surface area contributed by atoms with Crippen molar-refractivity contribution in [2.45, 2.75) is 38.3 Å². The molecule has 0 aliphatic heterocycles. The van der Waals surface area contributed by atoms with Crippen LogP contribution in [0.5, 0.6) is 0 Å². The summed E-state index contributed by atoms with van der Waals surface area (Å²) in [7, 11) is 0. The van der Waals surface area contributed by atoms with Gasteiger partial charge in [-0.3, -0.25) is 0 Å². The van der Waals surface area contributed by atoms with Crippen LogP contribution in [0.3, 0.4) is 0 Å². The van der Waals surface area contributed by atoms with Crippen molar-refractivity contribution >= 4 is 0 Å². The number of benzene rings is 1. The van der Waals surface area contributed by atoms with E-state index in [-0.39, 0.29) is 11.6 Å². The molecule has 0 radical (unpaired) electrons. The molecule has 0 fully saturated rings. The zero-order valence-corrected chi connectivity index (χ0v) is 9.67. The van der Waals surface area contributed by atoms with E-state index in [0.717, 1.165) is 13.8 Å². The molecule has 16 heavy (non-hydrogen) atoms. The van der Waals surface area contributed by atoms with Crippen molar-refractivity contribution in [3.05, 3.63) is 35.4 Å². The monoisotopic (exact) mass is 229 g/mol. The van der Waals surface area contributed by atoms with Crippen molar-refractivity contribution in [3.63, 3.8) is 0 Å². The van der Waals surface area contributed by atoms with Crippen LogP contribution in [0.1, 0.15) is 37.9 Å². The molecule has 1 aromatic carbocycles. The summed E-state index contributed by atoms with van der Waals surface area (Å²) < 4.78 is 27.6. The predicted molar refractivity (Wildman–Crippen MR) is 59.2 cm³/mol. The first-order valence-corrected chi connectivity index (χ1v) is 5.12. The highest BCUT2D eigenvalue weighted by molar-refractivity contribution is 5.30. The summed E-state index contributed by atoms with van der Waals surface area (Å²) in [6, 6.07) is 5.53. The number of hydrogen-bond acceptors (Lipinski definition) is 2. The Morgan fingerprint density at radius 1 is 1.31 bits per heavy atom. The summed E-state index contributed by atoms with van der Waals surface area (Å²) in [6.45, 7) is 3.90. The topological polar surface area (TPSA) is 46.2 Å². The SMILES string of the molecule is CC(N)c1cccc(C(F)(F)C(C)(C)O)c1. The molecule has 3 N–H and O–H groups in total. The average Bonchev–Trinajstić information content (AvgIpc) is 2.16. The Kier molecular flexibility index (Phi) is 3.35. The standard InChI is InChI=1S/C12H17F2NO/c1-8(15)9-5-4-6-10(7-9)12(13,14)11(2,3)16/h4-8,16H,15H2,1-3H3. The molecule has 0 aromatic heterocycles. The molecular weight excluding hydrogens is 212 g/mol. The summed E-state index contributed by atoms with van der Waals surface area (Å²) in [6.07, 6.45) is 0. The van der Waals surface area contributed by atoms with Crippen LogP contribution in [0, 0.1) is 0 Å². The van der Waals surface area contributed by atoms with Crippen LogP contribution in [-0.4, -0.2) is 10.7 Å². The Morgan fingerprint density at radius 2 is 1.88 bits per heavy atom. The Morgan fingerprint density at radius 3 is 2.31 bits per heavy atom. The van der Waals surface area contributed by atoms with Gasteiger partial charge in [0.15, 0.2) is 0 Å². The molecule has 0 amide bonds. The van der Waals surface area contributed by atoms with Gasteiger partial charge in [-0.2, -0.15) is 8.78 Å². The van der Waals surface area contributed by atoms with E-state index < -0.39 is 11.5 Å². The maximum absolute atomic E-state index is 13.8. The highest BCUT2D eigenvalue weighted by atomic mass is 19.3. The minimum Gasteiger partial charge on any atom is -0.384 e. The number of nitrogens with two attached hydrogens (primary N) is 1. The average molecular weight is 229 g/mol. The van der Waals surface area contributed by atoms with E-state index in [4.69, 9.17) is 5.73 Å². The molecule has 2 nitrogen and oxygen atoms in total. The predicted octanol–water partition coefficient (Wildman–Crippen LogP) is 2.57. The van der Waals surface area contributed by atoms with Crippen LogP contribution in [0.25, 0.3) is 0 Å². The van der Waals surface area contributed by atoms with Gasteiger partial charge in [-0.1, -0.05) is 18.2 Å². The van der Waals surface area contributed by atoms with Gasteiger partial charge < -0.3 is 10.8 Å². The molecule has 0 spiro atoms. The largest absolute Gasteiger partial charge is 0.384 e. The summed E-state index contributed by atoms with van der Waals surface area (Å²) in [5.41, 5.74) is 3.95. The van der Waals surface area contributed by atoms with Crippen LogP contribution in [0.4, 0.5) is 8.78 Å². The molecule has 0 saturated carbocycles. The first-order valence-electron chi connectivity index (χ1n) is 5.12. The number of aliphatic hydroxyl groups is 1. The van der Waals surface area contributed by atoms with Crippen molar-refractivity contribution in [2.24, 2.45) is 5.73 Å². The molecule has 1 aromatic rings. The minimum atomic E-state index is -3.29. The molecule has 1 atom stereocenters. The van der Waals surface area contributed by atoms with E-state index in [2.05, 4.69) is 0 Å². The molecule has 0 heterocycles. The molecule has 1 unspecified atom stereocenters. The van der Waals surface area contributed by atoms with E-state index in [9.17, 15) is 13.9 Å². The van der Waals surface area contributed by atoms with Crippen molar-refractivity contribution in [1.82, 2.24) is 0 Å². The third kappa shape index (κ3) is 2.39. The summed E-state index contributed by atoms with van der Waals surface area (Å²) >= 11 is 0. The molecule has 0 aliphatic rings.